The van der Waals surface area contributed by atoms with Gasteiger partial charge >= 0.3 is 0 Å². The van der Waals surface area contributed by atoms with Crippen LogP contribution >= 0.6 is 0 Å². The summed E-state index contributed by atoms with van der Waals surface area (Å²) >= 11 is 0. The van der Waals surface area contributed by atoms with E-state index in [1.807, 2.05) is 13.8 Å². The summed E-state index contributed by atoms with van der Waals surface area (Å²) in [5, 5.41) is 0.904. The van der Waals surface area contributed by atoms with Crippen LogP contribution in [0.25, 0.3) is 11.0 Å². The lowest BCUT2D eigenvalue weighted by molar-refractivity contribution is -0.159. The zero-order valence-corrected chi connectivity index (χ0v) is 14.2. The maximum atomic E-state index is 6.31. The van der Waals surface area contributed by atoms with Crippen LogP contribution < -0.4 is 5.73 Å². The van der Waals surface area contributed by atoms with Gasteiger partial charge in [0.05, 0.1) is 17.5 Å². The van der Waals surface area contributed by atoms with Crippen molar-refractivity contribution in [2.45, 2.75) is 51.2 Å². The molecule has 2 aromatic rings. The monoisotopic (exact) mass is 326 g/mol. The second-order valence-corrected chi connectivity index (χ2v) is 7.79. The van der Waals surface area contributed by atoms with Crippen LogP contribution in [0.1, 0.15) is 32.0 Å². The maximum Gasteiger partial charge on any atom is 0.163 e. The molecule has 3 heterocycles. The van der Waals surface area contributed by atoms with E-state index >= 15 is 0 Å². The number of nitrogen functional groups attached to an aromatic ring is 1. The van der Waals surface area contributed by atoms with Gasteiger partial charge < -0.3 is 19.8 Å². The van der Waals surface area contributed by atoms with Crippen LogP contribution in [-0.4, -0.2) is 32.5 Å². The van der Waals surface area contributed by atoms with Crippen LogP contribution in [0.15, 0.2) is 25.0 Å². The molecule has 1 saturated heterocycles. The molecule has 2 N–H and O–H groups in total. The van der Waals surface area contributed by atoms with Crippen molar-refractivity contribution in [1.29, 1.82) is 0 Å². The Morgan fingerprint density at radius 1 is 1.38 bits per heavy atom. The number of ether oxygens (including phenoxy) is 2. The molecule has 0 bridgehead atoms. The average molecular weight is 326 g/mol. The molecule has 2 aromatic heterocycles. The van der Waals surface area contributed by atoms with Crippen molar-refractivity contribution in [2.75, 3.05) is 5.73 Å². The quantitative estimate of drug-likeness (QED) is 0.859. The molecule has 24 heavy (non-hydrogen) atoms. The number of hydrogen-bond acceptors (Lipinski definition) is 5. The van der Waals surface area contributed by atoms with Crippen molar-refractivity contribution >= 4 is 16.9 Å². The molecule has 126 valence electrons. The van der Waals surface area contributed by atoms with E-state index in [0.29, 0.717) is 11.7 Å². The number of aryl methyl sites for hydroxylation is 1. The van der Waals surface area contributed by atoms with Gasteiger partial charge in [0.15, 0.2) is 5.79 Å². The molecule has 0 amide bonds. The fraction of sp³-hybridized carbons (Fsp3) is 0.556. The Labute approximate surface area is 140 Å². The van der Waals surface area contributed by atoms with Crippen molar-refractivity contribution in [3.63, 3.8) is 0 Å². The van der Waals surface area contributed by atoms with E-state index in [0.717, 1.165) is 23.1 Å². The third kappa shape index (κ3) is 1.58. The van der Waals surface area contributed by atoms with Gasteiger partial charge in [-0.05, 0) is 39.2 Å². The average Bonchev–Trinajstić information content (AvgIpc) is 2.92. The summed E-state index contributed by atoms with van der Waals surface area (Å²) in [6, 6.07) is 2.25. The molecule has 2 saturated carbocycles. The normalized spacial score (nSPS) is 39.0. The van der Waals surface area contributed by atoms with Gasteiger partial charge in [-0.25, -0.2) is 9.97 Å². The highest BCUT2D eigenvalue weighted by Crippen LogP contribution is 2.72. The van der Waals surface area contributed by atoms with Gasteiger partial charge in [0.25, 0.3) is 0 Å². The number of hydrogen-bond donors (Lipinski definition) is 1. The van der Waals surface area contributed by atoms with Crippen LogP contribution in [0.2, 0.25) is 0 Å². The van der Waals surface area contributed by atoms with E-state index in [1.165, 1.54) is 6.33 Å². The summed E-state index contributed by atoms with van der Waals surface area (Å²) in [6.07, 6.45) is 4.74. The Morgan fingerprint density at radius 2 is 2.17 bits per heavy atom. The first kappa shape index (κ1) is 14.4. The van der Waals surface area contributed by atoms with Crippen LogP contribution in [-0.2, 0) is 9.47 Å². The van der Waals surface area contributed by atoms with E-state index in [4.69, 9.17) is 15.2 Å². The Hall–Kier alpha value is -1.92. The number of nitrogens with two attached hydrogens (primary N) is 1. The first-order chi connectivity index (χ1) is 11.4. The van der Waals surface area contributed by atoms with Crippen molar-refractivity contribution in [3.05, 3.63) is 30.7 Å². The molecular formula is C18H22N4O2. The summed E-state index contributed by atoms with van der Waals surface area (Å²) in [5.41, 5.74) is 8.07. The molecule has 2 aliphatic carbocycles. The topological polar surface area (TPSA) is 75.2 Å². The highest BCUT2D eigenvalue weighted by atomic mass is 16.8. The SMILES string of the molecule is C=C[C@@]12C[C@@H]1[C@@H](n1c(C)cc3c(N)ncnc31)[C@@H]1OC(C)(C)O[C@@H]12. The Bertz CT molecular complexity index is 873. The fourth-order valence-electron chi connectivity index (χ4n) is 5.00. The minimum atomic E-state index is -0.567. The predicted molar refractivity (Wildman–Crippen MR) is 90.3 cm³/mol. The third-order valence-corrected chi connectivity index (χ3v) is 6.04. The van der Waals surface area contributed by atoms with Crippen molar-refractivity contribution in [3.8, 4) is 0 Å². The first-order valence-corrected chi connectivity index (χ1v) is 8.45. The minimum absolute atomic E-state index is 0.00207. The minimum Gasteiger partial charge on any atom is -0.383 e. The Kier molecular flexibility index (Phi) is 2.51. The van der Waals surface area contributed by atoms with Gasteiger partial charge in [-0.15, -0.1) is 6.58 Å². The smallest absolute Gasteiger partial charge is 0.163 e. The van der Waals surface area contributed by atoms with Crippen molar-refractivity contribution < 1.29 is 9.47 Å². The van der Waals surface area contributed by atoms with E-state index in [2.05, 4.69) is 40.2 Å². The zero-order chi connectivity index (χ0) is 16.9. The largest absolute Gasteiger partial charge is 0.383 e. The fourth-order valence-corrected chi connectivity index (χ4v) is 5.00. The Morgan fingerprint density at radius 3 is 2.92 bits per heavy atom. The number of anilines is 1. The lowest BCUT2D eigenvalue weighted by Crippen LogP contribution is -2.31. The molecule has 0 unspecified atom stereocenters. The molecule has 5 rings (SSSR count). The summed E-state index contributed by atoms with van der Waals surface area (Å²) in [4.78, 5) is 8.63. The second-order valence-electron chi connectivity index (χ2n) is 7.79. The summed E-state index contributed by atoms with van der Waals surface area (Å²) in [7, 11) is 0. The molecule has 0 aromatic carbocycles. The molecule has 6 nitrogen and oxygen atoms in total. The van der Waals surface area contributed by atoms with Crippen molar-refractivity contribution in [1.82, 2.24) is 14.5 Å². The number of fused-ring (bicyclic) bond motifs is 4. The lowest BCUT2D eigenvalue weighted by Gasteiger charge is -2.25. The van der Waals surface area contributed by atoms with Gasteiger partial charge in [-0.3, -0.25) is 0 Å². The van der Waals surface area contributed by atoms with Gasteiger partial charge in [0.1, 0.15) is 23.9 Å². The van der Waals surface area contributed by atoms with E-state index in [1.54, 1.807) is 0 Å². The number of nitrogens with zero attached hydrogens (tertiary/aromatic N) is 3. The summed E-state index contributed by atoms with van der Waals surface area (Å²) in [5.74, 6) is 0.417. The third-order valence-electron chi connectivity index (χ3n) is 6.04. The van der Waals surface area contributed by atoms with Gasteiger partial charge in [-0.2, -0.15) is 0 Å². The summed E-state index contributed by atoms with van der Waals surface area (Å²) < 4.78 is 14.8. The van der Waals surface area contributed by atoms with E-state index in [-0.39, 0.29) is 23.7 Å². The van der Waals surface area contributed by atoms with Crippen LogP contribution in [0.4, 0.5) is 5.82 Å². The maximum absolute atomic E-state index is 6.31. The summed E-state index contributed by atoms with van der Waals surface area (Å²) in [6.45, 7) is 10.1. The van der Waals surface area contributed by atoms with Gasteiger partial charge in [0.2, 0.25) is 0 Å². The second kappa shape index (κ2) is 4.18. The number of rotatable bonds is 2. The molecule has 0 spiro atoms. The molecular weight excluding hydrogens is 304 g/mol. The first-order valence-electron chi connectivity index (χ1n) is 8.45. The molecule has 0 radical (unpaired) electrons. The predicted octanol–water partition coefficient (Wildman–Crippen LogP) is 2.59. The molecule has 6 heteroatoms. The highest BCUT2D eigenvalue weighted by Gasteiger charge is 2.74. The standard InChI is InChI=1S/C18H22N4O2/c1-5-18-7-11(18)12(13-14(18)24-17(3,4)23-13)22-9(2)6-10-15(19)20-8-21-16(10)22/h5-6,8,11-14H,1,7H2,2-4H3,(H2,19,20,21)/t11-,12-,13+,14+,18-/m1/s1. The molecule has 3 aliphatic rings. The van der Waals surface area contributed by atoms with Gasteiger partial charge in [-0.1, -0.05) is 6.08 Å². The van der Waals surface area contributed by atoms with Crippen LogP contribution in [0.3, 0.4) is 0 Å². The van der Waals surface area contributed by atoms with E-state index in [9.17, 15) is 0 Å². The molecule has 3 fully saturated rings. The van der Waals surface area contributed by atoms with Crippen molar-refractivity contribution in [2.24, 2.45) is 11.3 Å². The van der Waals surface area contributed by atoms with Gasteiger partial charge in [0, 0.05) is 11.1 Å². The van der Waals surface area contributed by atoms with E-state index < -0.39 is 5.79 Å². The molecule has 1 aliphatic heterocycles. The lowest BCUT2D eigenvalue weighted by atomic mass is 9.99. The zero-order valence-electron chi connectivity index (χ0n) is 14.2. The Balaban J connectivity index is 1.69. The molecule has 5 atom stereocenters. The van der Waals surface area contributed by atoms with Crippen LogP contribution in [0.5, 0.6) is 0 Å². The highest BCUT2D eigenvalue weighted by molar-refractivity contribution is 5.87. The number of aromatic nitrogens is 3. The van der Waals surface area contributed by atoms with Crippen LogP contribution in [0, 0.1) is 18.3 Å².